The summed E-state index contributed by atoms with van der Waals surface area (Å²) in [5, 5.41) is 10.5. The number of non-ortho nitro benzene ring substituents is 1. The number of halogens is 1. The summed E-state index contributed by atoms with van der Waals surface area (Å²) in [5.41, 5.74) is -0.865. The Morgan fingerprint density at radius 2 is 2.00 bits per heavy atom. The van der Waals surface area contributed by atoms with Crippen molar-refractivity contribution in [1.29, 1.82) is 0 Å². The Balaban J connectivity index is 3.15. The van der Waals surface area contributed by atoms with Gasteiger partial charge in [0.1, 0.15) is 5.82 Å². The van der Waals surface area contributed by atoms with E-state index in [0.717, 1.165) is 22.5 Å². The normalized spacial score (nSPS) is 11.5. The zero-order valence-corrected chi connectivity index (χ0v) is 9.86. The smallest absolute Gasteiger partial charge is 0.268 e. The zero-order chi connectivity index (χ0) is 13.2. The second-order valence-corrected chi connectivity index (χ2v) is 5.20. The lowest BCUT2D eigenvalue weighted by Crippen LogP contribution is -2.29. The van der Waals surface area contributed by atoms with Crippen molar-refractivity contribution in [1.82, 2.24) is 4.31 Å². The Morgan fingerprint density at radius 1 is 1.41 bits per heavy atom. The summed E-state index contributed by atoms with van der Waals surface area (Å²) < 4.78 is 38.8. The van der Waals surface area contributed by atoms with E-state index in [2.05, 4.69) is 0 Å². The number of nitrogens with one attached hydrogen (secondary N) is 1. The summed E-state index contributed by atoms with van der Waals surface area (Å²) in [6, 6.07) is 2.59. The van der Waals surface area contributed by atoms with E-state index in [1.807, 2.05) is 4.72 Å². The maximum Gasteiger partial charge on any atom is 0.301 e. The van der Waals surface area contributed by atoms with Crippen LogP contribution in [0.1, 0.15) is 0 Å². The lowest BCUT2D eigenvalue weighted by atomic mass is 10.3. The summed E-state index contributed by atoms with van der Waals surface area (Å²) in [4.78, 5) is 9.72. The third-order valence-corrected chi connectivity index (χ3v) is 3.32. The maximum absolute atomic E-state index is 13.3. The molecule has 0 atom stereocenters. The topological polar surface area (TPSA) is 92.6 Å². The minimum absolute atomic E-state index is 0.400. The van der Waals surface area contributed by atoms with E-state index in [0.29, 0.717) is 0 Å². The van der Waals surface area contributed by atoms with Crippen LogP contribution in [-0.4, -0.2) is 31.7 Å². The lowest BCUT2D eigenvalue weighted by molar-refractivity contribution is -0.384. The number of rotatable bonds is 4. The number of anilines is 1. The molecule has 0 aliphatic rings. The van der Waals surface area contributed by atoms with Crippen LogP contribution in [0.25, 0.3) is 0 Å². The van der Waals surface area contributed by atoms with Gasteiger partial charge in [0.15, 0.2) is 0 Å². The molecule has 7 nitrogen and oxygen atoms in total. The third kappa shape index (κ3) is 3.11. The van der Waals surface area contributed by atoms with E-state index < -0.39 is 32.3 Å². The summed E-state index contributed by atoms with van der Waals surface area (Å²) in [7, 11) is -1.40. The van der Waals surface area contributed by atoms with Gasteiger partial charge in [0.05, 0.1) is 10.6 Å². The van der Waals surface area contributed by atoms with Crippen LogP contribution in [0.5, 0.6) is 0 Å². The quantitative estimate of drug-likeness (QED) is 0.646. The van der Waals surface area contributed by atoms with Crippen LogP contribution in [0.2, 0.25) is 0 Å². The van der Waals surface area contributed by atoms with Gasteiger partial charge in [-0.25, -0.2) is 4.39 Å². The molecule has 94 valence electrons. The predicted octanol–water partition coefficient (Wildman–Crippen LogP) is 0.952. The van der Waals surface area contributed by atoms with Gasteiger partial charge < -0.3 is 0 Å². The van der Waals surface area contributed by atoms with Gasteiger partial charge in [0.25, 0.3) is 5.69 Å². The minimum Gasteiger partial charge on any atom is -0.268 e. The van der Waals surface area contributed by atoms with Crippen molar-refractivity contribution in [3.05, 3.63) is 34.1 Å². The highest BCUT2D eigenvalue weighted by atomic mass is 32.2. The monoisotopic (exact) mass is 263 g/mol. The van der Waals surface area contributed by atoms with Crippen molar-refractivity contribution < 1.29 is 17.7 Å². The molecule has 0 aliphatic carbocycles. The van der Waals surface area contributed by atoms with Crippen molar-refractivity contribution in [2.45, 2.75) is 0 Å². The van der Waals surface area contributed by atoms with Crippen LogP contribution in [0, 0.1) is 15.9 Å². The first-order valence-electron chi connectivity index (χ1n) is 4.38. The Kier molecular flexibility index (Phi) is 3.63. The Hall–Kier alpha value is -1.74. The molecule has 0 aliphatic heterocycles. The van der Waals surface area contributed by atoms with E-state index in [1.54, 1.807) is 0 Å². The van der Waals surface area contributed by atoms with Gasteiger partial charge in [0, 0.05) is 26.2 Å². The molecular weight excluding hydrogens is 253 g/mol. The molecule has 0 saturated heterocycles. The maximum atomic E-state index is 13.3. The molecule has 0 unspecified atom stereocenters. The van der Waals surface area contributed by atoms with Crippen molar-refractivity contribution in [2.24, 2.45) is 0 Å². The molecule has 0 spiro atoms. The highest BCUT2D eigenvalue weighted by Gasteiger charge is 2.18. The number of hydrogen-bond donors (Lipinski definition) is 1. The molecule has 17 heavy (non-hydrogen) atoms. The molecule has 0 heterocycles. The highest BCUT2D eigenvalue weighted by Crippen LogP contribution is 2.22. The number of nitrogens with zero attached hydrogens (tertiary/aromatic N) is 2. The molecule has 0 radical (unpaired) electrons. The van der Waals surface area contributed by atoms with Gasteiger partial charge >= 0.3 is 10.2 Å². The SMILES string of the molecule is CN(C)S(=O)(=O)Nc1cc([N+](=O)[O-])ccc1F. The largest absolute Gasteiger partial charge is 0.301 e. The molecule has 0 fully saturated rings. The standard InChI is InChI=1S/C8H10FN3O4S/c1-11(2)17(15,16)10-8-5-6(12(13)14)3-4-7(8)9/h3-5,10H,1-2H3. The van der Waals surface area contributed by atoms with E-state index in [1.165, 1.54) is 14.1 Å². The summed E-state index contributed by atoms with van der Waals surface area (Å²) >= 11 is 0. The number of nitro groups is 1. The Labute approximate surface area is 97.2 Å². The van der Waals surface area contributed by atoms with Gasteiger partial charge in [-0.1, -0.05) is 0 Å². The van der Waals surface area contributed by atoms with Crippen LogP contribution >= 0.6 is 0 Å². The lowest BCUT2D eigenvalue weighted by Gasteiger charge is -2.13. The molecule has 0 saturated carbocycles. The molecule has 0 amide bonds. The summed E-state index contributed by atoms with van der Waals surface area (Å²) in [6.07, 6.45) is 0. The fourth-order valence-corrected chi connectivity index (χ4v) is 1.55. The first-order valence-corrected chi connectivity index (χ1v) is 5.82. The van der Waals surface area contributed by atoms with Crippen LogP contribution < -0.4 is 4.72 Å². The van der Waals surface area contributed by atoms with E-state index >= 15 is 0 Å². The van der Waals surface area contributed by atoms with Crippen molar-refractivity contribution in [3.8, 4) is 0 Å². The first kappa shape index (κ1) is 13.3. The molecule has 1 aromatic rings. The number of benzene rings is 1. The average Bonchev–Trinajstić information content (AvgIpc) is 2.20. The van der Waals surface area contributed by atoms with Crippen LogP contribution in [0.3, 0.4) is 0 Å². The van der Waals surface area contributed by atoms with Gasteiger partial charge in [0.2, 0.25) is 0 Å². The highest BCUT2D eigenvalue weighted by molar-refractivity contribution is 7.90. The van der Waals surface area contributed by atoms with Gasteiger partial charge in [-0.3, -0.25) is 14.8 Å². The third-order valence-electron chi connectivity index (χ3n) is 1.88. The fraction of sp³-hybridized carbons (Fsp3) is 0.250. The number of nitro benzene ring substituents is 1. The van der Waals surface area contributed by atoms with Gasteiger partial charge in [-0.15, -0.1) is 0 Å². The van der Waals surface area contributed by atoms with Crippen molar-refractivity contribution in [2.75, 3.05) is 18.8 Å². The van der Waals surface area contributed by atoms with Crippen LogP contribution in [0.4, 0.5) is 15.8 Å². The molecule has 0 bridgehead atoms. The average molecular weight is 263 g/mol. The number of hydrogen-bond acceptors (Lipinski definition) is 4. The van der Waals surface area contributed by atoms with Gasteiger partial charge in [-0.2, -0.15) is 12.7 Å². The molecule has 0 aromatic heterocycles. The van der Waals surface area contributed by atoms with E-state index in [9.17, 15) is 22.9 Å². The Bertz CT molecular complexity index is 544. The first-order chi connectivity index (χ1) is 7.74. The fourth-order valence-electron chi connectivity index (χ4n) is 0.935. The molecule has 9 heteroatoms. The van der Waals surface area contributed by atoms with Gasteiger partial charge in [-0.05, 0) is 6.07 Å². The summed E-state index contributed by atoms with van der Waals surface area (Å²) in [5.74, 6) is -0.888. The Morgan fingerprint density at radius 3 is 2.47 bits per heavy atom. The zero-order valence-electron chi connectivity index (χ0n) is 9.05. The van der Waals surface area contributed by atoms with E-state index in [-0.39, 0.29) is 0 Å². The molecular formula is C8H10FN3O4S. The molecule has 1 N–H and O–H groups in total. The second kappa shape index (κ2) is 4.63. The minimum atomic E-state index is -3.90. The second-order valence-electron chi connectivity index (χ2n) is 3.31. The molecule has 1 rings (SSSR count). The summed E-state index contributed by atoms with van der Waals surface area (Å²) in [6.45, 7) is 0. The molecule has 1 aromatic carbocycles. The predicted molar refractivity (Wildman–Crippen MR) is 59.3 cm³/mol. The van der Waals surface area contributed by atoms with Crippen molar-refractivity contribution >= 4 is 21.6 Å². The van der Waals surface area contributed by atoms with Crippen molar-refractivity contribution in [3.63, 3.8) is 0 Å². The van der Waals surface area contributed by atoms with Crippen LogP contribution in [0.15, 0.2) is 18.2 Å². The van der Waals surface area contributed by atoms with Crippen LogP contribution in [-0.2, 0) is 10.2 Å². The van der Waals surface area contributed by atoms with E-state index in [4.69, 9.17) is 0 Å².